The molecule has 0 aliphatic carbocycles. The van der Waals surface area contributed by atoms with Crippen LogP contribution in [0.3, 0.4) is 0 Å². The van der Waals surface area contributed by atoms with Gasteiger partial charge in [-0.3, -0.25) is 14.9 Å². The minimum atomic E-state index is -1.52. The Kier molecular flexibility index (Phi) is 5.77. The maximum atomic E-state index is 12.5. The standard InChI is InChI=1S/C13H22N2O5S/c1-12(2,3)20-11(19)13(15-6-7-21-13)10(18)8(14)4-5-9(16)17/h8,15H,4-7,14H2,1-3H3,(H,16,17)/t8-,13?/m0/s1. The van der Waals surface area contributed by atoms with E-state index in [0.717, 1.165) is 11.8 Å². The van der Waals surface area contributed by atoms with Crippen molar-refractivity contribution in [2.75, 3.05) is 12.3 Å². The maximum Gasteiger partial charge on any atom is 0.345 e. The number of carboxylic acid groups (broad SMARTS) is 1. The number of nitrogens with two attached hydrogens (primary N) is 1. The molecule has 1 rings (SSSR count). The van der Waals surface area contributed by atoms with Crippen LogP contribution in [0.5, 0.6) is 0 Å². The summed E-state index contributed by atoms with van der Waals surface area (Å²) < 4.78 is 5.31. The van der Waals surface area contributed by atoms with E-state index in [-0.39, 0.29) is 12.8 Å². The number of hydrogen-bond acceptors (Lipinski definition) is 7. The highest BCUT2D eigenvalue weighted by Gasteiger charge is 2.52. The first-order chi connectivity index (χ1) is 9.58. The second kappa shape index (κ2) is 6.76. The zero-order valence-electron chi connectivity index (χ0n) is 12.5. The Bertz CT molecular complexity index is 427. The first-order valence-corrected chi connectivity index (χ1v) is 7.71. The van der Waals surface area contributed by atoms with Gasteiger partial charge >= 0.3 is 11.9 Å². The molecular formula is C13H22N2O5S. The molecule has 2 atom stereocenters. The predicted octanol–water partition coefficient (Wildman–Crippen LogP) is 0.122. The van der Waals surface area contributed by atoms with Crippen molar-refractivity contribution in [2.24, 2.45) is 5.73 Å². The summed E-state index contributed by atoms with van der Waals surface area (Å²) >= 11 is 1.15. The molecule has 0 radical (unpaired) electrons. The Morgan fingerprint density at radius 1 is 1.43 bits per heavy atom. The van der Waals surface area contributed by atoms with Crippen LogP contribution in [-0.2, 0) is 19.1 Å². The minimum absolute atomic E-state index is 0.0129. The van der Waals surface area contributed by atoms with Crippen LogP contribution in [0.1, 0.15) is 33.6 Å². The maximum absolute atomic E-state index is 12.5. The molecule has 0 aromatic rings. The molecule has 21 heavy (non-hydrogen) atoms. The molecule has 8 heteroatoms. The smallest absolute Gasteiger partial charge is 0.345 e. The monoisotopic (exact) mass is 318 g/mol. The summed E-state index contributed by atoms with van der Waals surface area (Å²) in [6, 6.07) is -1.02. The van der Waals surface area contributed by atoms with Gasteiger partial charge in [-0.1, -0.05) is 0 Å². The van der Waals surface area contributed by atoms with Crippen molar-refractivity contribution in [1.82, 2.24) is 5.32 Å². The van der Waals surface area contributed by atoms with Crippen LogP contribution in [0.25, 0.3) is 0 Å². The van der Waals surface area contributed by atoms with Gasteiger partial charge < -0.3 is 15.6 Å². The Morgan fingerprint density at radius 3 is 2.48 bits per heavy atom. The average molecular weight is 318 g/mol. The molecule has 0 spiro atoms. The van der Waals surface area contributed by atoms with Gasteiger partial charge in [-0.25, -0.2) is 4.79 Å². The number of hydrogen-bond donors (Lipinski definition) is 3. The number of carbonyl (C=O) groups excluding carboxylic acids is 2. The molecule has 120 valence electrons. The summed E-state index contributed by atoms with van der Waals surface area (Å²) in [6.45, 7) is 5.63. The lowest BCUT2D eigenvalue weighted by atomic mass is 10.0. The molecule has 0 bridgehead atoms. The molecule has 0 saturated carbocycles. The number of ether oxygens (including phenoxy) is 1. The number of esters is 1. The first kappa shape index (κ1) is 17.9. The van der Waals surface area contributed by atoms with E-state index in [1.165, 1.54) is 0 Å². The lowest BCUT2D eigenvalue weighted by Gasteiger charge is -2.31. The van der Waals surface area contributed by atoms with Gasteiger partial charge in [-0.05, 0) is 27.2 Å². The lowest BCUT2D eigenvalue weighted by molar-refractivity contribution is -0.161. The highest BCUT2D eigenvalue weighted by molar-refractivity contribution is 8.02. The van der Waals surface area contributed by atoms with Crippen molar-refractivity contribution in [2.45, 2.75) is 50.1 Å². The molecule has 7 nitrogen and oxygen atoms in total. The Balaban J connectivity index is 2.86. The SMILES string of the molecule is CC(C)(C)OC(=O)C1(C(=O)[C@@H](N)CCC(=O)O)NCCS1. The number of nitrogens with one attached hydrogen (secondary N) is 1. The largest absolute Gasteiger partial charge is 0.481 e. The predicted molar refractivity (Wildman–Crippen MR) is 78.9 cm³/mol. The molecule has 1 saturated heterocycles. The molecule has 4 N–H and O–H groups in total. The summed E-state index contributed by atoms with van der Waals surface area (Å²) in [5.41, 5.74) is 5.04. The van der Waals surface area contributed by atoms with Crippen molar-refractivity contribution < 1.29 is 24.2 Å². The number of rotatable bonds is 6. The number of ketones is 1. The summed E-state index contributed by atoms with van der Waals surface area (Å²) in [5, 5.41) is 11.5. The van der Waals surface area contributed by atoms with Crippen LogP contribution in [0, 0.1) is 0 Å². The van der Waals surface area contributed by atoms with Gasteiger partial charge in [0.2, 0.25) is 4.87 Å². The quantitative estimate of drug-likeness (QED) is 0.467. The molecule has 1 unspecified atom stereocenters. The Morgan fingerprint density at radius 2 is 2.05 bits per heavy atom. The van der Waals surface area contributed by atoms with E-state index in [2.05, 4.69) is 5.32 Å². The van der Waals surface area contributed by atoms with Gasteiger partial charge in [0.1, 0.15) is 5.60 Å². The molecule has 1 aliphatic rings. The topological polar surface area (TPSA) is 119 Å². The van der Waals surface area contributed by atoms with E-state index >= 15 is 0 Å². The van der Waals surface area contributed by atoms with Crippen LogP contribution in [0.4, 0.5) is 0 Å². The van der Waals surface area contributed by atoms with E-state index in [9.17, 15) is 14.4 Å². The van der Waals surface area contributed by atoms with E-state index in [1.807, 2.05) is 0 Å². The van der Waals surface area contributed by atoms with Crippen molar-refractivity contribution in [3.05, 3.63) is 0 Å². The minimum Gasteiger partial charge on any atom is -0.481 e. The Hall–Kier alpha value is -1.12. The lowest BCUT2D eigenvalue weighted by Crippen LogP contribution is -2.59. The fourth-order valence-corrected chi connectivity index (χ4v) is 3.06. The summed E-state index contributed by atoms with van der Waals surface area (Å²) in [7, 11) is 0. The second-order valence-corrected chi connectivity index (χ2v) is 7.17. The third-order valence-electron chi connectivity index (χ3n) is 2.83. The van der Waals surface area contributed by atoms with Gasteiger partial charge in [-0.15, -0.1) is 11.8 Å². The van der Waals surface area contributed by atoms with Crippen LogP contribution in [-0.4, -0.2) is 51.6 Å². The van der Waals surface area contributed by atoms with Crippen molar-refractivity contribution in [3.8, 4) is 0 Å². The number of Topliss-reactive ketones (excluding diaryl/α,β-unsaturated/α-hetero) is 1. The van der Waals surface area contributed by atoms with Crippen molar-refractivity contribution in [3.63, 3.8) is 0 Å². The zero-order valence-corrected chi connectivity index (χ0v) is 13.3. The van der Waals surface area contributed by atoms with Crippen molar-refractivity contribution >= 4 is 29.5 Å². The third-order valence-corrected chi connectivity index (χ3v) is 4.19. The van der Waals surface area contributed by atoms with E-state index in [1.54, 1.807) is 20.8 Å². The van der Waals surface area contributed by atoms with E-state index < -0.39 is 34.2 Å². The van der Waals surface area contributed by atoms with Gasteiger partial charge in [0.05, 0.1) is 6.04 Å². The number of carbonyl (C=O) groups is 3. The highest BCUT2D eigenvalue weighted by atomic mass is 32.2. The van der Waals surface area contributed by atoms with E-state index in [4.69, 9.17) is 15.6 Å². The number of carboxylic acids is 1. The second-order valence-electron chi connectivity index (χ2n) is 5.86. The van der Waals surface area contributed by atoms with Crippen LogP contribution in [0.15, 0.2) is 0 Å². The number of thioether (sulfide) groups is 1. The van der Waals surface area contributed by atoms with Gasteiger partial charge in [0.25, 0.3) is 0 Å². The number of aliphatic carboxylic acids is 1. The fourth-order valence-electron chi connectivity index (χ4n) is 1.89. The van der Waals surface area contributed by atoms with Gasteiger partial charge in [0.15, 0.2) is 5.78 Å². The molecule has 1 aliphatic heterocycles. The summed E-state index contributed by atoms with van der Waals surface area (Å²) in [6.07, 6.45) is -0.233. The zero-order chi connectivity index (χ0) is 16.3. The average Bonchev–Trinajstić information content (AvgIpc) is 2.83. The molecule has 0 aromatic carbocycles. The molecule has 1 fully saturated rings. The summed E-state index contributed by atoms with van der Waals surface area (Å²) in [5.74, 6) is -1.65. The Labute approximate surface area is 128 Å². The molecular weight excluding hydrogens is 296 g/mol. The van der Waals surface area contributed by atoms with Crippen LogP contribution in [0.2, 0.25) is 0 Å². The summed E-state index contributed by atoms with van der Waals surface area (Å²) in [4.78, 5) is 33.9. The van der Waals surface area contributed by atoms with Gasteiger partial charge in [0, 0.05) is 18.7 Å². The normalized spacial score (nSPS) is 23.6. The molecule has 1 heterocycles. The van der Waals surface area contributed by atoms with Crippen molar-refractivity contribution in [1.29, 1.82) is 0 Å². The highest BCUT2D eigenvalue weighted by Crippen LogP contribution is 2.32. The third kappa shape index (κ3) is 4.69. The molecule has 0 amide bonds. The van der Waals surface area contributed by atoms with E-state index in [0.29, 0.717) is 12.3 Å². The molecule has 0 aromatic heterocycles. The fraction of sp³-hybridized carbons (Fsp3) is 0.769. The van der Waals surface area contributed by atoms with Crippen LogP contribution < -0.4 is 11.1 Å². The van der Waals surface area contributed by atoms with Crippen LogP contribution >= 0.6 is 11.8 Å². The first-order valence-electron chi connectivity index (χ1n) is 6.72. The van der Waals surface area contributed by atoms with Gasteiger partial charge in [-0.2, -0.15) is 0 Å².